The van der Waals surface area contributed by atoms with Crippen molar-refractivity contribution in [3.8, 4) is 0 Å². The van der Waals surface area contributed by atoms with Gasteiger partial charge in [-0.3, -0.25) is 14.4 Å². The predicted octanol–water partition coefficient (Wildman–Crippen LogP) is 9.46. The summed E-state index contributed by atoms with van der Waals surface area (Å²) in [4.78, 5) is 43.4. The number of carboxylic acid groups (broad SMARTS) is 1. The van der Waals surface area contributed by atoms with Crippen LogP contribution in [0.5, 0.6) is 0 Å². The summed E-state index contributed by atoms with van der Waals surface area (Å²) in [6.45, 7) is 2.01. The van der Waals surface area contributed by atoms with E-state index in [-0.39, 0.29) is 47.4 Å². The van der Waals surface area contributed by atoms with Crippen molar-refractivity contribution in [2.75, 3.05) is 28.7 Å². The number of ketones is 1. The third-order valence-electron chi connectivity index (χ3n) is 6.12. The van der Waals surface area contributed by atoms with Gasteiger partial charge in [-0.2, -0.15) is 0 Å². The van der Waals surface area contributed by atoms with Gasteiger partial charge in [0.1, 0.15) is 29.5 Å². The number of aliphatic hydroxyl groups is 1. The van der Waals surface area contributed by atoms with Crippen molar-refractivity contribution in [1.29, 1.82) is 0 Å². The molecule has 0 saturated carbocycles. The molecule has 1 heterocycles. The fraction of sp³-hybridized carbons (Fsp3) is 0.121. The minimum absolute atomic E-state index is 0.0117. The number of carboxylic acids is 1. The predicted molar refractivity (Wildman–Crippen MR) is 222 cm³/mol. The van der Waals surface area contributed by atoms with Crippen LogP contribution in [0.15, 0.2) is 83.7 Å². The number of anilines is 4. The van der Waals surface area contributed by atoms with Crippen molar-refractivity contribution in [3.05, 3.63) is 113 Å². The normalized spacial score (nSPS) is 11.9. The van der Waals surface area contributed by atoms with Crippen molar-refractivity contribution in [2.24, 2.45) is 5.16 Å². The minimum atomic E-state index is -1.74. The first-order chi connectivity index (χ1) is 26.5. The first-order valence-corrected chi connectivity index (χ1v) is 19.1. The Morgan fingerprint density at radius 1 is 0.877 bits per heavy atom. The molecule has 1 atom stereocenters. The number of fused-ring (bicyclic) bond motifs is 1. The van der Waals surface area contributed by atoms with Crippen molar-refractivity contribution < 1.29 is 56.9 Å². The maximum atomic E-state index is 12.9. The number of carbonyl (C=O) groups is 4. The Morgan fingerprint density at radius 3 is 1.89 bits per heavy atom. The number of oxime groups is 1. The largest absolute Gasteiger partial charge is 0.478 e. The van der Waals surface area contributed by atoms with Crippen LogP contribution in [-0.4, -0.2) is 61.9 Å². The van der Waals surface area contributed by atoms with Gasteiger partial charge in [0.25, 0.3) is 17.6 Å². The quantitative estimate of drug-likeness (QED) is 0.0146. The maximum absolute atomic E-state index is 12.9. The van der Waals surface area contributed by atoms with Crippen LogP contribution in [0.25, 0.3) is 0 Å². The Labute approximate surface area is 369 Å². The zero-order valence-electron chi connectivity index (χ0n) is 28.3. The Morgan fingerprint density at radius 2 is 1.40 bits per heavy atom. The van der Waals surface area contributed by atoms with E-state index in [9.17, 15) is 36.7 Å². The van der Waals surface area contributed by atoms with E-state index >= 15 is 0 Å². The first kappa shape index (κ1) is 51.5. The summed E-state index contributed by atoms with van der Waals surface area (Å²) in [7, 11) is 0. The molecule has 1 aliphatic heterocycles. The summed E-state index contributed by atoms with van der Waals surface area (Å²) < 4.78 is 54.4. The van der Waals surface area contributed by atoms with Gasteiger partial charge in [-0.15, -0.1) is 0 Å². The molecule has 0 aliphatic carbocycles. The average molecular weight is 1120 g/mol. The molecule has 308 valence electrons. The van der Waals surface area contributed by atoms with Gasteiger partial charge in [0.05, 0.1) is 46.1 Å². The molecule has 1 unspecified atom stereocenters. The number of amides is 2. The number of Topliss-reactive ketones (excluding diaryl/α,β-unsaturated/α-hetero) is 1. The molecule has 0 aromatic heterocycles. The maximum Gasteiger partial charge on any atom is 0.337 e. The van der Waals surface area contributed by atoms with Gasteiger partial charge in [0.15, 0.2) is 0 Å². The summed E-state index contributed by atoms with van der Waals surface area (Å²) in [6.07, 6.45) is -0.662. The van der Waals surface area contributed by atoms with E-state index in [1.54, 1.807) is 19.1 Å². The molecular formula is C33H26Br4Cl3F4N5O8. The van der Waals surface area contributed by atoms with Gasteiger partial charge in [0, 0.05) is 12.3 Å². The van der Waals surface area contributed by atoms with Crippen LogP contribution in [0.4, 0.5) is 40.3 Å². The molecule has 0 bridgehead atoms. The zero-order chi connectivity index (χ0) is 43.8. The fourth-order valence-electron chi connectivity index (χ4n) is 3.50. The SMILES string of the molecule is CCOC(O)C(Cl)(Cl)Cl.Nc1c(C(=O)O)ccc(F)c1Br.Nc1cccc(F)c1Br.O=C(/C=N\O)Nc1cccc(F)c1Br.O=C1Nc2c(ccc(F)c2Br)C1=O. The number of nitrogens with zero attached hydrogens (tertiary/aromatic N) is 1. The van der Waals surface area contributed by atoms with Crippen LogP contribution in [0.2, 0.25) is 0 Å². The minimum Gasteiger partial charge on any atom is -0.478 e. The van der Waals surface area contributed by atoms with Crippen LogP contribution in [-0.2, 0) is 14.3 Å². The molecule has 0 spiro atoms. The third kappa shape index (κ3) is 16.3. The lowest BCUT2D eigenvalue weighted by Crippen LogP contribution is -2.27. The summed E-state index contributed by atoms with van der Waals surface area (Å²) in [5, 5.41) is 32.5. The first-order valence-electron chi connectivity index (χ1n) is 14.8. The van der Waals surface area contributed by atoms with Crippen molar-refractivity contribution in [3.63, 3.8) is 0 Å². The van der Waals surface area contributed by atoms with Crippen LogP contribution >= 0.6 is 98.5 Å². The molecule has 1 aliphatic rings. The van der Waals surface area contributed by atoms with Gasteiger partial charge < -0.3 is 42.3 Å². The number of nitrogen functional groups attached to an aromatic ring is 2. The lowest BCUT2D eigenvalue weighted by Gasteiger charge is -2.17. The number of nitrogens with one attached hydrogen (secondary N) is 2. The van der Waals surface area contributed by atoms with E-state index < -0.39 is 51.1 Å². The van der Waals surface area contributed by atoms with Crippen LogP contribution in [0.3, 0.4) is 0 Å². The standard InChI is InChI=1S/C8H6BrFN2O2.C8H3BrFNO2.C7H5BrFNO2.C6H5BrFN.C4H7Cl3O2/c9-8-5(10)2-1-3-6(8)12-7(13)4-11-14;9-5-4(10)2-1-3-6(5)11-8(13)7(3)12;8-5-4(9)2-1-3(6(5)10)7(11)12;7-6-4(8)2-1-3-5(6)9;1-2-9-3(8)4(5,6)7/h1-4,14H,(H,12,13);1-2H,(H,11,12,13);1-2H,10H2,(H,11,12);1-3H,9H2;3,8H,2H2,1H3/b11-4-;;;;. The highest BCUT2D eigenvalue weighted by atomic mass is 79.9. The Bertz CT molecular complexity index is 2100. The molecule has 0 saturated heterocycles. The smallest absolute Gasteiger partial charge is 0.337 e. The number of aromatic carboxylic acids is 1. The molecule has 0 radical (unpaired) electrons. The van der Waals surface area contributed by atoms with Crippen molar-refractivity contribution in [1.82, 2.24) is 0 Å². The lowest BCUT2D eigenvalue weighted by molar-refractivity contribution is -0.112. The van der Waals surface area contributed by atoms with E-state index in [4.69, 9.17) is 61.7 Å². The van der Waals surface area contributed by atoms with Gasteiger partial charge in [-0.25, -0.2) is 22.4 Å². The number of hydrogen-bond donors (Lipinski definition) is 7. The van der Waals surface area contributed by atoms with Gasteiger partial charge in [0.2, 0.25) is 10.1 Å². The second-order valence-electron chi connectivity index (χ2n) is 10.0. The highest BCUT2D eigenvalue weighted by molar-refractivity contribution is 9.11. The second kappa shape index (κ2) is 24.4. The number of benzene rings is 4. The highest BCUT2D eigenvalue weighted by Crippen LogP contribution is 2.33. The van der Waals surface area contributed by atoms with Crippen LogP contribution in [0, 0.1) is 23.3 Å². The molecular weight excluding hydrogens is 1100 g/mol. The van der Waals surface area contributed by atoms with E-state index in [1.807, 2.05) is 0 Å². The number of rotatable bonds is 5. The van der Waals surface area contributed by atoms with Gasteiger partial charge >= 0.3 is 5.97 Å². The molecule has 4 aromatic rings. The molecule has 24 heteroatoms. The highest BCUT2D eigenvalue weighted by Gasteiger charge is 2.31. The number of alkyl halides is 3. The number of nitrogens with two attached hydrogens (primary N) is 2. The summed E-state index contributed by atoms with van der Waals surface area (Å²) in [6, 6.07) is 13.4. The number of aliphatic hydroxyl groups excluding tert-OH is 1. The molecule has 57 heavy (non-hydrogen) atoms. The Hall–Kier alpha value is -3.54. The monoisotopic (exact) mass is 1120 g/mol. The molecule has 13 nitrogen and oxygen atoms in total. The van der Waals surface area contributed by atoms with Crippen molar-refractivity contribution >= 4 is 151 Å². The van der Waals surface area contributed by atoms with E-state index in [1.165, 1.54) is 30.3 Å². The Kier molecular flexibility index (Phi) is 22.0. The Balaban J connectivity index is 0.000000360. The molecule has 0 fully saturated rings. The second-order valence-corrected chi connectivity index (χ2v) is 15.6. The van der Waals surface area contributed by atoms with E-state index in [0.717, 1.165) is 18.2 Å². The number of halogens is 11. The summed E-state index contributed by atoms with van der Waals surface area (Å²) in [5.41, 5.74) is 11.6. The zero-order valence-corrected chi connectivity index (χ0v) is 36.9. The van der Waals surface area contributed by atoms with E-state index in [2.05, 4.69) is 84.2 Å². The fourth-order valence-corrected chi connectivity index (χ4v) is 5.11. The molecule has 4 aromatic carbocycles. The van der Waals surface area contributed by atoms with Gasteiger partial charge in [-0.05, 0) is 119 Å². The topological polar surface area (TPSA) is 227 Å². The number of hydrogen-bond acceptors (Lipinski definition) is 10. The molecule has 2 amide bonds. The molecule has 5 rings (SSSR count). The van der Waals surface area contributed by atoms with Crippen LogP contribution < -0.4 is 22.1 Å². The van der Waals surface area contributed by atoms with Gasteiger partial charge in [-0.1, -0.05) is 52.1 Å². The van der Waals surface area contributed by atoms with E-state index in [0.29, 0.717) is 23.0 Å². The van der Waals surface area contributed by atoms with Crippen LogP contribution in [0.1, 0.15) is 27.6 Å². The number of ether oxygens (including phenoxy) is 1. The lowest BCUT2D eigenvalue weighted by atomic mass is 10.1. The average Bonchev–Trinajstić information content (AvgIpc) is 3.43. The third-order valence-corrected chi connectivity index (χ3v) is 9.90. The molecule has 9 N–H and O–H groups in total. The number of carbonyl (C=O) groups excluding carboxylic acids is 3. The summed E-state index contributed by atoms with van der Waals surface area (Å²) >= 11 is 27.4. The van der Waals surface area contributed by atoms with Crippen molar-refractivity contribution in [2.45, 2.75) is 17.0 Å². The summed E-state index contributed by atoms with van der Waals surface area (Å²) in [5.74, 6) is -5.05.